The quantitative estimate of drug-likeness (QED) is 0.135. The summed E-state index contributed by atoms with van der Waals surface area (Å²) in [7, 11) is 0. The first kappa shape index (κ1) is 52.3. The van der Waals surface area contributed by atoms with Gasteiger partial charge in [0, 0.05) is 66.9 Å². The molecule has 2 aliphatic rings. The van der Waals surface area contributed by atoms with Gasteiger partial charge in [-0.25, -0.2) is 0 Å². The maximum absolute atomic E-state index is 10.2. The summed E-state index contributed by atoms with van der Waals surface area (Å²) in [6.45, 7) is 32.4. The molecule has 2 aliphatic heterocycles. The molecule has 0 radical (unpaired) electrons. The Morgan fingerprint density at radius 2 is 0.716 bits per heavy atom. The lowest BCUT2D eigenvalue weighted by Gasteiger charge is -2.46. The van der Waals surface area contributed by atoms with Crippen LogP contribution in [0.4, 0.5) is 34.1 Å². The normalized spacial score (nSPS) is 15.0. The van der Waals surface area contributed by atoms with Crippen LogP contribution in [-0.4, -0.2) is 16.3 Å². The third-order valence-corrected chi connectivity index (χ3v) is 20.6. The van der Waals surface area contributed by atoms with Crippen LogP contribution in [0.1, 0.15) is 150 Å². The number of hydrogen-bond donors (Lipinski definition) is 0. The number of hydrogen-bond acceptors (Lipinski definition) is 3. The van der Waals surface area contributed by atoms with Crippen LogP contribution in [-0.2, 0) is 27.1 Å². The van der Waals surface area contributed by atoms with Crippen molar-refractivity contribution in [2.24, 2.45) is 0 Å². The van der Waals surface area contributed by atoms with Crippen LogP contribution in [0.5, 0.6) is 0 Å². The first-order valence-electron chi connectivity index (χ1n) is 42.0. The molecule has 502 valence electrons. The van der Waals surface area contributed by atoms with E-state index >= 15 is 0 Å². The molecule has 0 N–H and O–H groups in total. The van der Waals surface area contributed by atoms with E-state index in [-0.39, 0.29) is 56.0 Å². The Kier molecular flexibility index (Phi) is 12.6. The fourth-order valence-corrected chi connectivity index (χ4v) is 15.0. The largest absolute Gasteiger partial charge is 0.310 e. The average molecular weight is 1340 g/mol. The summed E-state index contributed by atoms with van der Waals surface area (Å²) in [5.41, 5.74) is 18.7. The molecule has 14 aromatic rings. The third-order valence-electron chi connectivity index (χ3n) is 20.6. The average Bonchev–Trinajstić information content (AvgIpc) is 1.68. The maximum Gasteiger partial charge on any atom is 0.252 e. The molecule has 4 nitrogen and oxygen atoms in total. The minimum Gasteiger partial charge on any atom is -0.310 e. The SMILES string of the molecule is [2H]c1c([2H])c([2H])c(-c2ccc3c(c2)N(c2c(-c4ccccc4)cc(C(C)(C)C)cc2-c2ccccc2)c2cc(-n4c5c([2H])c([2H])c([2H])c([2H])c5c5c([2H])c([2H])c([2H])c([2H])c54)cc4c2B3c2ccc(-c3cc(C(C)(C)C)cc(C(C)(C)C)c3)cc2N4c2c(-c3ccccc3)cc(C(C)(C)C)cc2-c2cccc(C(C)(C)C)n2)c([2H])c1[2H]. The highest BCUT2D eigenvalue weighted by Gasteiger charge is 2.46. The molecule has 0 fully saturated rings. The molecule has 12 aromatic carbocycles. The Hall–Kier alpha value is -10.7. The molecular formula is C97H91BN4. The molecule has 0 amide bonds. The Morgan fingerprint density at radius 3 is 1.16 bits per heavy atom. The highest BCUT2D eigenvalue weighted by atomic mass is 15.2. The lowest BCUT2D eigenvalue weighted by molar-refractivity contribution is 0.569. The molecule has 0 saturated heterocycles. The summed E-state index contributed by atoms with van der Waals surface area (Å²) in [4.78, 5) is 10.3. The van der Waals surface area contributed by atoms with Gasteiger partial charge < -0.3 is 14.4 Å². The van der Waals surface area contributed by atoms with Gasteiger partial charge in [-0.05, 0) is 172 Å². The van der Waals surface area contributed by atoms with Gasteiger partial charge in [-0.15, -0.1) is 0 Å². The summed E-state index contributed by atoms with van der Waals surface area (Å²) in [5.74, 6) is 0. The summed E-state index contributed by atoms with van der Waals surface area (Å²) < 4.78 is 126. The van der Waals surface area contributed by atoms with Crippen LogP contribution in [0.25, 0.3) is 94.4 Å². The van der Waals surface area contributed by atoms with E-state index in [0.717, 1.165) is 106 Å². The Balaban J connectivity index is 1.20. The van der Waals surface area contributed by atoms with E-state index in [4.69, 9.17) is 6.35 Å². The summed E-state index contributed by atoms with van der Waals surface area (Å²) in [5, 5.41) is -0.179. The predicted octanol–water partition coefficient (Wildman–Crippen LogP) is 24.8. The lowest BCUT2D eigenvalue weighted by atomic mass is 9.33. The number of benzene rings is 12. The number of aromatic nitrogens is 2. The molecule has 0 spiro atoms. The molecule has 2 aromatic heterocycles. The molecular weight excluding hydrogens is 1230 g/mol. The molecule has 0 aliphatic carbocycles. The van der Waals surface area contributed by atoms with Gasteiger partial charge in [-0.1, -0.05) is 310 Å². The van der Waals surface area contributed by atoms with E-state index < -0.39 is 89.4 Å². The monoisotopic (exact) mass is 1340 g/mol. The Morgan fingerprint density at radius 1 is 0.314 bits per heavy atom. The van der Waals surface area contributed by atoms with Gasteiger partial charge in [0.15, 0.2) is 0 Å². The van der Waals surface area contributed by atoms with Gasteiger partial charge in [0.1, 0.15) is 0 Å². The summed E-state index contributed by atoms with van der Waals surface area (Å²) in [6.07, 6.45) is 0. The molecule has 0 unspecified atom stereocenters. The zero-order valence-corrected chi connectivity index (χ0v) is 60.9. The van der Waals surface area contributed by atoms with E-state index in [1.54, 1.807) is 4.57 Å². The predicted molar refractivity (Wildman–Crippen MR) is 439 cm³/mol. The number of fused-ring (bicyclic) bond motifs is 7. The van der Waals surface area contributed by atoms with Crippen LogP contribution < -0.4 is 26.2 Å². The van der Waals surface area contributed by atoms with Crippen molar-refractivity contribution >= 4 is 79.0 Å². The maximum atomic E-state index is 10.2. The van der Waals surface area contributed by atoms with Gasteiger partial charge in [0.2, 0.25) is 0 Å². The first-order chi connectivity index (χ1) is 54.1. The van der Waals surface area contributed by atoms with Gasteiger partial charge in [-0.2, -0.15) is 0 Å². The van der Waals surface area contributed by atoms with E-state index in [1.165, 1.54) is 0 Å². The summed E-state index contributed by atoms with van der Waals surface area (Å²) in [6, 6.07) is 63.2. The molecule has 0 bridgehead atoms. The van der Waals surface area contributed by atoms with E-state index in [2.05, 4.69) is 241 Å². The Labute approximate surface area is 623 Å². The molecule has 5 heteroatoms. The zero-order valence-electron chi connectivity index (χ0n) is 73.9. The fourth-order valence-electron chi connectivity index (χ4n) is 15.0. The van der Waals surface area contributed by atoms with Gasteiger partial charge in [0.25, 0.3) is 6.71 Å². The standard InChI is InChI=1S/C97H91BN4/c1-93(2,3)69-51-68(52-70(55-69)94(4,5)6)67-48-50-81-86(54-67)102(92-78(65-39-26-19-27-40-65)58-72(96(10,11)12)59-79(92)82-43-32-46-89(99-82)97(13,14)15)88-61-73(100-83-44-30-28-41-74(83)75-42-29-31-45-84(75)100)60-87-90(88)98(81)80-49-47-66(62-33-20-16-21-34-62)53-85(80)101(87)91-76(63-35-22-17-23-36-63)56-71(95(7,8)9)57-77(91)64-37-24-18-25-38-64/h16-61H,1-15H3/i16D,20D,21D,28D,29D,30D,31D,33D,34D,41D,42D,44D,45D. The lowest BCUT2D eigenvalue weighted by Crippen LogP contribution is -2.61. The van der Waals surface area contributed by atoms with Crippen molar-refractivity contribution in [1.82, 2.24) is 9.55 Å². The van der Waals surface area contributed by atoms with Crippen molar-refractivity contribution in [2.75, 3.05) is 9.80 Å². The Bertz CT molecular complexity index is 6220. The zero-order chi connectivity index (χ0) is 82.3. The number of anilines is 6. The van der Waals surface area contributed by atoms with Crippen LogP contribution in [0.3, 0.4) is 0 Å². The smallest absolute Gasteiger partial charge is 0.252 e. The summed E-state index contributed by atoms with van der Waals surface area (Å²) >= 11 is 0. The fraction of sp³-hybridized carbons (Fsp3) is 0.206. The number of nitrogens with zero attached hydrogens (tertiary/aromatic N) is 4. The highest BCUT2D eigenvalue weighted by Crippen LogP contribution is 2.56. The van der Waals surface area contributed by atoms with Crippen molar-refractivity contribution in [1.29, 1.82) is 0 Å². The van der Waals surface area contributed by atoms with Gasteiger partial charge in [0.05, 0.1) is 51.6 Å². The van der Waals surface area contributed by atoms with Crippen molar-refractivity contribution in [2.45, 2.75) is 131 Å². The molecule has 0 saturated carbocycles. The second kappa shape index (κ2) is 24.5. The second-order valence-corrected chi connectivity index (χ2v) is 32.7. The van der Waals surface area contributed by atoms with Gasteiger partial charge >= 0.3 is 0 Å². The van der Waals surface area contributed by atoms with Crippen molar-refractivity contribution in [3.8, 4) is 72.6 Å². The second-order valence-electron chi connectivity index (χ2n) is 32.7. The topological polar surface area (TPSA) is 24.3 Å². The molecule has 4 heterocycles. The third kappa shape index (κ3) is 11.6. The first-order valence-corrected chi connectivity index (χ1v) is 35.5. The molecule has 102 heavy (non-hydrogen) atoms. The van der Waals surface area contributed by atoms with E-state index in [9.17, 15) is 16.4 Å². The molecule has 16 rings (SSSR count). The highest BCUT2D eigenvalue weighted by molar-refractivity contribution is 7.00. The minimum absolute atomic E-state index is 0.00651. The van der Waals surface area contributed by atoms with E-state index in [1.807, 2.05) is 72.8 Å². The van der Waals surface area contributed by atoms with Crippen LogP contribution in [0, 0.1) is 0 Å². The van der Waals surface area contributed by atoms with Crippen molar-refractivity contribution < 1.29 is 17.8 Å². The van der Waals surface area contributed by atoms with Gasteiger partial charge in [-0.3, -0.25) is 4.98 Å². The van der Waals surface area contributed by atoms with Crippen molar-refractivity contribution in [3.63, 3.8) is 0 Å². The van der Waals surface area contributed by atoms with Crippen LogP contribution >= 0.6 is 0 Å². The number of para-hydroxylation sites is 2. The number of pyridine rings is 1. The van der Waals surface area contributed by atoms with Crippen LogP contribution in [0.2, 0.25) is 0 Å². The van der Waals surface area contributed by atoms with E-state index in [0.29, 0.717) is 34.0 Å². The number of rotatable bonds is 9. The van der Waals surface area contributed by atoms with Crippen LogP contribution in [0.15, 0.2) is 279 Å². The van der Waals surface area contributed by atoms with Crippen molar-refractivity contribution in [3.05, 3.63) is 307 Å². The minimum atomic E-state index is -0.729. The molecule has 0 atom stereocenters.